The summed E-state index contributed by atoms with van der Waals surface area (Å²) < 4.78 is 2.08. The molecule has 0 aliphatic heterocycles. The molecule has 0 unspecified atom stereocenters. The number of benzene rings is 1. The van der Waals surface area contributed by atoms with Gasteiger partial charge in [0, 0.05) is 39.3 Å². The number of hydrogen-bond acceptors (Lipinski definition) is 3. The quantitative estimate of drug-likeness (QED) is 0.862. The molecule has 0 aliphatic carbocycles. The third-order valence-corrected chi connectivity index (χ3v) is 4.50. The van der Waals surface area contributed by atoms with Gasteiger partial charge in [-0.3, -0.25) is 4.79 Å². The molecule has 0 bridgehead atoms. The Balaban J connectivity index is 2.29. The molecule has 0 fully saturated rings. The predicted octanol–water partition coefficient (Wildman–Crippen LogP) is 2.70. The Morgan fingerprint density at radius 2 is 1.92 bits per heavy atom. The highest BCUT2D eigenvalue weighted by molar-refractivity contribution is 5.97. The van der Waals surface area contributed by atoms with Gasteiger partial charge < -0.3 is 19.7 Å². The summed E-state index contributed by atoms with van der Waals surface area (Å²) in [6.07, 6.45) is 0.885. The lowest BCUT2D eigenvalue weighted by molar-refractivity contribution is 0.0827. The number of hydrogen-bond donors (Lipinski definition) is 1. The predicted molar refractivity (Wildman–Crippen MR) is 103 cm³/mol. The molecule has 1 aromatic heterocycles. The van der Waals surface area contributed by atoms with Crippen LogP contribution in [0.3, 0.4) is 0 Å². The lowest BCUT2D eigenvalue weighted by Crippen LogP contribution is -2.41. The SMILES string of the molecule is CC[C@H](C)NC(=O)N(C)Cc1nc2cc(C(=O)N(C)C)ccc2n1CC. The van der Waals surface area contributed by atoms with E-state index in [1.807, 2.05) is 39.0 Å². The lowest BCUT2D eigenvalue weighted by atomic mass is 10.2. The zero-order valence-electron chi connectivity index (χ0n) is 16.5. The van der Waals surface area contributed by atoms with Crippen molar-refractivity contribution < 1.29 is 9.59 Å². The average Bonchev–Trinajstić information content (AvgIpc) is 2.96. The first kappa shape index (κ1) is 19.8. The van der Waals surface area contributed by atoms with Gasteiger partial charge in [-0.1, -0.05) is 6.92 Å². The van der Waals surface area contributed by atoms with Gasteiger partial charge in [-0.25, -0.2) is 9.78 Å². The van der Waals surface area contributed by atoms with E-state index >= 15 is 0 Å². The molecule has 1 aromatic carbocycles. The van der Waals surface area contributed by atoms with Crippen molar-refractivity contribution >= 4 is 23.0 Å². The maximum atomic E-state index is 12.3. The third kappa shape index (κ3) is 4.15. The maximum absolute atomic E-state index is 12.3. The first-order valence-corrected chi connectivity index (χ1v) is 9.00. The number of rotatable bonds is 6. The van der Waals surface area contributed by atoms with Gasteiger partial charge in [0.05, 0.1) is 17.6 Å². The van der Waals surface area contributed by atoms with Crippen molar-refractivity contribution in [2.45, 2.75) is 46.3 Å². The number of urea groups is 1. The second-order valence-electron chi connectivity index (χ2n) is 6.79. The molecule has 7 heteroatoms. The molecule has 7 nitrogen and oxygen atoms in total. The Labute approximate surface area is 155 Å². The number of carbonyl (C=O) groups is 2. The summed E-state index contributed by atoms with van der Waals surface area (Å²) in [6, 6.07) is 5.58. The Kier molecular flexibility index (Phi) is 6.23. The van der Waals surface area contributed by atoms with Gasteiger partial charge in [0.15, 0.2) is 0 Å². The summed E-state index contributed by atoms with van der Waals surface area (Å²) >= 11 is 0. The van der Waals surface area contributed by atoms with E-state index in [9.17, 15) is 9.59 Å². The van der Waals surface area contributed by atoms with Crippen molar-refractivity contribution in [1.82, 2.24) is 24.7 Å². The molecule has 2 rings (SSSR count). The summed E-state index contributed by atoms with van der Waals surface area (Å²) in [6.45, 7) is 7.21. The van der Waals surface area contributed by atoms with E-state index in [4.69, 9.17) is 0 Å². The molecule has 0 aliphatic rings. The molecule has 142 valence electrons. The van der Waals surface area contributed by atoms with E-state index in [0.29, 0.717) is 12.1 Å². The Morgan fingerprint density at radius 3 is 2.50 bits per heavy atom. The highest BCUT2D eigenvalue weighted by atomic mass is 16.2. The fraction of sp³-hybridized carbons (Fsp3) is 0.526. The zero-order chi connectivity index (χ0) is 19.4. The molecule has 2 aromatic rings. The number of imidazole rings is 1. The van der Waals surface area contributed by atoms with Crippen molar-refractivity contribution in [2.24, 2.45) is 0 Å². The molecule has 0 spiro atoms. The van der Waals surface area contributed by atoms with Crippen LogP contribution in [0.25, 0.3) is 11.0 Å². The molecule has 0 saturated carbocycles. The first-order chi connectivity index (χ1) is 12.3. The zero-order valence-corrected chi connectivity index (χ0v) is 16.5. The fourth-order valence-corrected chi connectivity index (χ4v) is 2.75. The second kappa shape index (κ2) is 8.21. The van der Waals surface area contributed by atoms with Crippen molar-refractivity contribution in [3.05, 3.63) is 29.6 Å². The molecule has 3 amide bonds. The molecular weight excluding hydrogens is 330 g/mol. The van der Waals surface area contributed by atoms with Crippen LogP contribution in [0, 0.1) is 0 Å². The van der Waals surface area contributed by atoms with Gasteiger partial charge in [0.2, 0.25) is 0 Å². The summed E-state index contributed by atoms with van der Waals surface area (Å²) in [7, 11) is 5.22. The van der Waals surface area contributed by atoms with Crippen molar-refractivity contribution in [2.75, 3.05) is 21.1 Å². The van der Waals surface area contributed by atoms with Crippen LogP contribution in [0.5, 0.6) is 0 Å². The maximum Gasteiger partial charge on any atom is 0.317 e. The van der Waals surface area contributed by atoms with E-state index in [0.717, 1.165) is 29.8 Å². The van der Waals surface area contributed by atoms with Gasteiger partial charge in [0.25, 0.3) is 5.91 Å². The van der Waals surface area contributed by atoms with Crippen LogP contribution >= 0.6 is 0 Å². The van der Waals surface area contributed by atoms with Crippen LogP contribution in [0.15, 0.2) is 18.2 Å². The highest BCUT2D eigenvalue weighted by Gasteiger charge is 2.17. The topological polar surface area (TPSA) is 70.5 Å². The van der Waals surface area contributed by atoms with Crippen LogP contribution in [0.1, 0.15) is 43.4 Å². The molecule has 1 heterocycles. The fourth-order valence-electron chi connectivity index (χ4n) is 2.75. The normalized spacial score (nSPS) is 12.1. The molecule has 1 atom stereocenters. The molecular formula is C19H29N5O2. The van der Waals surface area contributed by atoms with E-state index in [1.54, 1.807) is 30.9 Å². The summed E-state index contributed by atoms with van der Waals surface area (Å²) in [5.41, 5.74) is 2.34. The van der Waals surface area contributed by atoms with Crippen LogP contribution in [0.4, 0.5) is 4.79 Å². The first-order valence-electron chi connectivity index (χ1n) is 9.00. The molecule has 26 heavy (non-hydrogen) atoms. The number of carbonyl (C=O) groups excluding carboxylic acids is 2. The Hall–Kier alpha value is -2.57. The van der Waals surface area contributed by atoms with E-state index in [1.165, 1.54) is 0 Å². The van der Waals surface area contributed by atoms with Gasteiger partial charge in [-0.05, 0) is 38.5 Å². The van der Waals surface area contributed by atoms with Crippen molar-refractivity contribution in [3.8, 4) is 0 Å². The van der Waals surface area contributed by atoms with Crippen molar-refractivity contribution in [1.29, 1.82) is 0 Å². The highest BCUT2D eigenvalue weighted by Crippen LogP contribution is 2.20. The minimum Gasteiger partial charge on any atom is -0.345 e. The minimum absolute atomic E-state index is 0.0513. The Bertz CT molecular complexity index is 797. The van der Waals surface area contributed by atoms with E-state index in [2.05, 4.69) is 14.9 Å². The molecule has 0 radical (unpaired) electrons. The summed E-state index contributed by atoms with van der Waals surface area (Å²) in [5.74, 6) is 0.753. The smallest absolute Gasteiger partial charge is 0.317 e. The Morgan fingerprint density at radius 1 is 1.23 bits per heavy atom. The monoisotopic (exact) mass is 359 g/mol. The number of nitrogens with zero attached hydrogens (tertiary/aromatic N) is 4. The summed E-state index contributed by atoms with van der Waals surface area (Å²) in [4.78, 5) is 32.3. The van der Waals surface area contributed by atoms with Gasteiger partial charge in [-0.2, -0.15) is 0 Å². The van der Waals surface area contributed by atoms with E-state index in [-0.39, 0.29) is 18.0 Å². The lowest BCUT2D eigenvalue weighted by Gasteiger charge is -2.20. The number of aryl methyl sites for hydroxylation is 1. The molecule has 0 saturated heterocycles. The third-order valence-electron chi connectivity index (χ3n) is 4.50. The second-order valence-corrected chi connectivity index (χ2v) is 6.79. The average molecular weight is 359 g/mol. The van der Waals surface area contributed by atoms with Crippen LogP contribution in [-0.2, 0) is 13.1 Å². The van der Waals surface area contributed by atoms with Crippen LogP contribution in [-0.4, -0.2) is 58.5 Å². The van der Waals surface area contributed by atoms with Crippen molar-refractivity contribution in [3.63, 3.8) is 0 Å². The number of nitrogens with one attached hydrogen (secondary N) is 1. The number of aromatic nitrogens is 2. The number of amides is 3. The van der Waals surface area contributed by atoms with Gasteiger partial charge >= 0.3 is 6.03 Å². The van der Waals surface area contributed by atoms with Gasteiger partial charge in [0.1, 0.15) is 5.82 Å². The van der Waals surface area contributed by atoms with E-state index < -0.39 is 0 Å². The van der Waals surface area contributed by atoms with Gasteiger partial charge in [-0.15, -0.1) is 0 Å². The number of fused-ring (bicyclic) bond motifs is 1. The minimum atomic E-state index is -0.113. The van der Waals surface area contributed by atoms with Crippen LogP contribution in [0.2, 0.25) is 0 Å². The largest absolute Gasteiger partial charge is 0.345 e. The van der Waals surface area contributed by atoms with Crippen LogP contribution < -0.4 is 5.32 Å². The summed E-state index contributed by atoms with van der Waals surface area (Å²) in [5, 5.41) is 2.96. The molecule has 1 N–H and O–H groups in total. The standard InChI is InChI=1S/C19H29N5O2/c1-7-13(3)20-19(26)23(6)12-17-21-15-11-14(18(25)22(4)5)9-10-16(15)24(17)8-2/h9-11,13H,7-8,12H2,1-6H3,(H,20,26)/t13-/m0/s1.